The van der Waals surface area contributed by atoms with Crippen molar-refractivity contribution in [2.75, 3.05) is 26.4 Å². The molecule has 0 aromatic rings. The van der Waals surface area contributed by atoms with Crippen LogP contribution in [0.1, 0.15) is 13.8 Å². The van der Waals surface area contributed by atoms with Gasteiger partial charge in [-0.15, -0.1) is 0 Å². The van der Waals surface area contributed by atoms with Gasteiger partial charge in [0.05, 0.1) is 0 Å². The molecule has 1 aliphatic rings. The summed E-state index contributed by atoms with van der Waals surface area (Å²) in [6, 6.07) is 1.07. The van der Waals surface area contributed by atoms with E-state index in [4.69, 9.17) is 11.5 Å². The third kappa shape index (κ3) is 1.95. The Morgan fingerprint density at radius 1 is 1.00 bits per heavy atom. The minimum Gasteiger partial charge on any atom is -0.318 e. The van der Waals surface area contributed by atoms with Gasteiger partial charge in [-0.05, 0) is 13.8 Å². The van der Waals surface area contributed by atoms with Crippen LogP contribution in [0.5, 0.6) is 0 Å². The first-order valence-corrected chi connectivity index (χ1v) is 4.57. The highest BCUT2D eigenvalue weighted by Crippen LogP contribution is 2.12. The van der Waals surface area contributed by atoms with Crippen molar-refractivity contribution < 1.29 is 0 Å². The Morgan fingerprint density at radius 2 is 1.33 bits per heavy atom. The molecule has 0 radical (unpaired) electrons. The number of piperazine rings is 1. The highest BCUT2D eigenvalue weighted by atomic mass is 15.3. The van der Waals surface area contributed by atoms with Crippen LogP contribution in [-0.4, -0.2) is 48.3 Å². The van der Waals surface area contributed by atoms with Crippen molar-refractivity contribution in [1.29, 1.82) is 0 Å². The van der Waals surface area contributed by atoms with Crippen LogP contribution in [0.25, 0.3) is 0 Å². The Labute approximate surface area is 74.5 Å². The molecule has 0 spiro atoms. The lowest BCUT2D eigenvalue weighted by molar-refractivity contribution is 0.0463. The molecule has 4 nitrogen and oxygen atoms in total. The fourth-order valence-electron chi connectivity index (χ4n) is 1.78. The van der Waals surface area contributed by atoms with Crippen LogP contribution in [0.15, 0.2) is 0 Å². The minimum absolute atomic E-state index is 0.537. The molecule has 1 rings (SSSR count). The molecule has 2 atom stereocenters. The molecule has 1 aliphatic heterocycles. The van der Waals surface area contributed by atoms with Gasteiger partial charge in [0.2, 0.25) is 0 Å². The molecule has 1 heterocycles. The lowest BCUT2D eigenvalue weighted by atomic mass is 10.1. The van der Waals surface area contributed by atoms with E-state index in [1.165, 1.54) is 0 Å². The van der Waals surface area contributed by atoms with E-state index in [2.05, 4.69) is 23.6 Å². The maximum absolute atomic E-state index is 5.62. The molecule has 0 aromatic heterocycles. The number of nitrogens with zero attached hydrogens (tertiary/aromatic N) is 2. The normalized spacial score (nSPS) is 34.0. The van der Waals surface area contributed by atoms with Gasteiger partial charge in [0.1, 0.15) is 0 Å². The molecule has 0 aliphatic carbocycles. The molecular formula is C8H20N4. The topological polar surface area (TPSA) is 58.5 Å². The van der Waals surface area contributed by atoms with Crippen LogP contribution >= 0.6 is 0 Å². The average molecular weight is 172 g/mol. The van der Waals surface area contributed by atoms with Gasteiger partial charge >= 0.3 is 0 Å². The monoisotopic (exact) mass is 172 g/mol. The van der Waals surface area contributed by atoms with Crippen LogP contribution < -0.4 is 11.5 Å². The average Bonchev–Trinajstić information content (AvgIpc) is 2.08. The molecule has 1 fully saturated rings. The maximum Gasteiger partial charge on any atom is 0.0459 e. The van der Waals surface area contributed by atoms with Crippen molar-refractivity contribution in [3.63, 3.8) is 0 Å². The lowest BCUT2D eigenvalue weighted by Gasteiger charge is -2.42. The number of hydrogen-bond acceptors (Lipinski definition) is 4. The van der Waals surface area contributed by atoms with Gasteiger partial charge in [0.25, 0.3) is 0 Å². The van der Waals surface area contributed by atoms with Crippen molar-refractivity contribution in [2.45, 2.75) is 25.9 Å². The van der Waals surface area contributed by atoms with E-state index < -0.39 is 0 Å². The first kappa shape index (κ1) is 9.92. The summed E-state index contributed by atoms with van der Waals surface area (Å²) in [6.45, 7) is 7.78. The molecule has 0 aromatic carbocycles. The minimum atomic E-state index is 0.537. The fourth-order valence-corrected chi connectivity index (χ4v) is 1.78. The fraction of sp³-hybridized carbons (Fsp3) is 1.00. The third-order valence-corrected chi connectivity index (χ3v) is 2.71. The van der Waals surface area contributed by atoms with E-state index in [0.717, 1.165) is 13.1 Å². The van der Waals surface area contributed by atoms with Crippen LogP contribution in [0.3, 0.4) is 0 Å². The van der Waals surface area contributed by atoms with Gasteiger partial charge in [-0.2, -0.15) is 0 Å². The highest BCUT2D eigenvalue weighted by molar-refractivity contribution is 4.82. The largest absolute Gasteiger partial charge is 0.318 e. The molecule has 0 bridgehead atoms. The Balaban J connectivity index is 2.49. The Morgan fingerprint density at radius 3 is 1.58 bits per heavy atom. The molecule has 4 N–H and O–H groups in total. The summed E-state index contributed by atoms with van der Waals surface area (Å²) >= 11 is 0. The SMILES string of the molecule is CC1CN(CN)C(C)CN1CN. The van der Waals surface area contributed by atoms with Crippen LogP contribution in [-0.2, 0) is 0 Å². The second-order valence-electron chi connectivity index (χ2n) is 3.61. The Hall–Kier alpha value is -0.160. The Kier molecular flexibility index (Phi) is 3.46. The summed E-state index contributed by atoms with van der Waals surface area (Å²) < 4.78 is 0. The van der Waals surface area contributed by atoms with Crippen LogP contribution in [0, 0.1) is 0 Å². The van der Waals surface area contributed by atoms with Crippen LogP contribution in [0.2, 0.25) is 0 Å². The van der Waals surface area contributed by atoms with Crippen molar-refractivity contribution in [1.82, 2.24) is 9.80 Å². The number of nitrogens with two attached hydrogens (primary N) is 2. The van der Waals surface area contributed by atoms with Gasteiger partial charge in [-0.25, -0.2) is 0 Å². The van der Waals surface area contributed by atoms with Gasteiger partial charge in [-0.1, -0.05) is 0 Å². The highest BCUT2D eigenvalue weighted by Gasteiger charge is 2.26. The Bertz CT molecular complexity index is 123. The molecule has 0 saturated carbocycles. The first-order valence-electron chi connectivity index (χ1n) is 4.57. The second kappa shape index (κ2) is 4.18. The van der Waals surface area contributed by atoms with Crippen LogP contribution in [0.4, 0.5) is 0 Å². The lowest BCUT2D eigenvalue weighted by Crippen LogP contribution is -2.58. The second-order valence-corrected chi connectivity index (χ2v) is 3.61. The van der Waals surface area contributed by atoms with E-state index in [9.17, 15) is 0 Å². The maximum atomic E-state index is 5.62. The molecule has 2 unspecified atom stereocenters. The standard InChI is InChI=1S/C8H20N4/c1-7-3-12(6-10)8(2)4-11(7)5-9/h7-8H,3-6,9-10H2,1-2H3. The van der Waals surface area contributed by atoms with Gasteiger partial charge in [-0.3, -0.25) is 9.80 Å². The summed E-state index contributed by atoms with van der Waals surface area (Å²) in [4.78, 5) is 4.58. The quantitative estimate of drug-likeness (QED) is 0.573. The first-order chi connectivity index (χ1) is 5.69. The summed E-state index contributed by atoms with van der Waals surface area (Å²) in [6.07, 6.45) is 0. The van der Waals surface area contributed by atoms with Crippen molar-refractivity contribution >= 4 is 0 Å². The summed E-state index contributed by atoms with van der Waals surface area (Å²) in [5.41, 5.74) is 11.2. The van der Waals surface area contributed by atoms with E-state index in [-0.39, 0.29) is 0 Å². The van der Waals surface area contributed by atoms with Crippen molar-refractivity contribution in [3.05, 3.63) is 0 Å². The van der Waals surface area contributed by atoms with Crippen molar-refractivity contribution in [2.24, 2.45) is 11.5 Å². The van der Waals surface area contributed by atoms with Gasteiger partial charge in [0, 0.05) is 38.5 Å². The third-order valence-electron chi connectivity index (χ3n) is 2.71. The van der Waals surface area contributed by atoms with E-state index in [1.807, 2.05) is 0 Å². The zero-order valence-corrected chi connectivity index (χ0v) is 8.03. The molecule has 4 heteroatoms. The smallest absolute Gasteiger partial charge is 0.0459 e. The predicted molar refractivity (Wildman–Crippen MR) is 50.4 cm³/mol. The summed E-state index contributed by atoms with van der Waals surface area (Å²) in [7, 11) is 0. The molecule has 12 heavy (non-hydrogen) atoms. The van der Waals surface area contributed by atoms with E-state index in [1.54, 1.807) is 0 Å². The molecule has 0 amide bonds. The molecule has 1 saturated heterocycles. The van der Waals surface area contributed by atoms with E-state index in [0.29, 0.717) is 25.4 Å². The summed E-state index contributed by atoms with van der Waals surface area (Å²) in [5, 5.41) is 0. The zero-order chi connectivity index (χ0) is 9.14. The number of hydrogen-bond donors (Lipinski definition) is 2. The summed E-state index contributed by atoms with van der Waals surface area (Å²) in [5.74, 6) is 0. The van der Waals surface area contributed by atoms with Crippen molar-refractivity contribution in [3.8, 4) is 0 Å². The zero-order valence-electron chi connectivity index (χ0n) is 8.03. The van der Waals surface area contributed by atoms with Gasteiger partial charge < -0.3 is 11.5 Å². The molecular weight excluding hydrogens is 152 g/mol. The van der Waals surface area contributed by atoms with Gasteiger partial charge in [0.15, 0.2) is 0 Å². The molecule has 72 valence electrons. The number of rotatable bonds is 2. The predicted octanol–water partition coefficient (Wildman–Crippen LogP) is -0.787. The van der Waals surface area contributed by atoms with E-state index >= 15 is 0 Å².